The second kappa shape index (κ2) is 11.5. The zero-order valence-electron chi connectivity index (χ0n) is 27.7. The van der Waals surface area contributed by atoms with Crippen molar-refractivity contribution in [2.24, 2.45) is 34.5 Å². The SMILES string of the molecule is CC(CO)C1(O)C2OC(=O)C(C3CC=C4C5=C(CCC43C)C3(C)CCC(OC4OC(CO)C(O)C(O)C4O)CC3CC5)C2OC1(C)O. The van der Waals surface area contributed by atoms with Crippen LogP contribution >= 0.6 is 0 Å². The fraction of sp³-hybridized carbons (Fsp3) is 0.857. The lowest BCUT2D eigenvalue weighted by molar-refractivity contribution is -0.315. The van der Waals surface area contributed by atoms with Crippen LogP contribution in [0.1, 0.15) is 79.1 Å². The van der Waals surface area contributed by atoms with Gasteiger partial charge < -0.3 is 54.7 Å². The smallest absolute Gasteiger partial charge is 0.312 e. The van der Waals surface area contributed by atoms with Gasteiger partial charge in [-0.1, -0.05) is 32.4 Å². The van der Waals surface area contributed by atoms with Crippen LogP contribution < -0.4 is 0 Å². The molecule has 7 N–H and O–H groups in total. The normalized spacial score (nSPS) is 53.1. The maximum atomic E-state index is 13.5. The molecule has 7 rings (SSSR count). The summed E-state index contributed by atoms with van der Waals surface area (Å²) in [6.07, 6.45) is 0.402. The molecule has 1 saturated carbocycles. The first-order chi connectivity index (χ1) is 22.1. The maximum Gasteiger partial charge on any atom is 0.312 e. The molecule has 47 heavy (non-hydrogen) atoms. The molecule has 16 unspecified atom stereocenters. The first kappa shape index (κ1) is 34.0. The highest BCUT2D eigenvalue weighted by Gasteiger charge is 2.73. The largest absolute Gasteiger partial charge is 0.456 e. The molecule has 0 bridgehead atoms. The number of aliphatic hydroxyl groups is 7. The number of carbonyl (C=O) groups excluding carboxylic acids is 1. The fourth-order valence-electron chi connectivity index (χ4n) is 10.9. The van der Waals surface area contributed by atoms with E-state index in [1.165, 1.54) is 23.6 Å². The lowest BCUT2D eigenvalue weighted by Crippen LogP contribution is -2.60. The molecule has 4 aliphatic carbocycles. The third kappa shape index (κ3) is 4.73. The molecule has 0 amide bonds. The molecule has 0 aromatic rings. The summed E-state index contributed by atoms with van der Waals surface area (Å²) in [5, 5.41) is 73.1. The van der Waals surface area contributed by atoms with Crippen molar-refractivity contribution in [3.8, 4) is 0 Å². The van der Waals surface area contributed by atoms with Gasteiger partial charge in [0.1, 0.15) is 30.5 Å². The number of rotatable bonds is 6. The minimum absolute atomic E-state index is 0.0370. The van der Waals surface area contributed by atoms with E-state index in [1.807, 2.05) is 0 Å². The van der Waals surface area contributed by atoms with Gasteiger partial charge in [0.2, 0.25) is 0 Å². The van der Waals surface area contributed by atoms with Gasteiger partial charge in [-0.15, -0.1) is 0 Å². The Morgan fingerprint density at radius 1 is 1.00 bits per heavy atom. The average molecular weight is 665 g/mol. The Kier molecular flexibility index (Phi) is 8.36. The molecule has 4 fully saturated rings. The molecule has 0 radical (unpaired) electrons. The molecular formula is C35H52O12. The second-order valence-electron chi connectivity index (χ2n) is 16.1. The Bertz CT molecular complexity index is 1330. The average Bonchev–Trinajstić information content (AvgIpc) is 3.61. The van der Waals surface area contributed by atoms with Crippen molar-refractivity contribution >= 4 is 5.97 Å². The predicted molar refractivity (Wildman–Crippen MR) is 164 cm³/mol. The molecule has 264 valence electrons. The van der Waals surface area contributed by atoms with Crippen molar-refractivity contribution in [3.05, 3.63) is 22.8 Å². The Hall–Kier alpha value is -1.45. The van der Waals surface area contributed by atoms with Gasteiger partial charge in [0.15, 0.2) is 23.8 Å². The summed E-state index contributed by atoms with van der Waals surface area (Å²) in [5.41, 5.74) is 1.88. The van der Waals surface area contributed by atoms with E-state index < -0.39 is 85.3 Å². The van der Waals surface area contributed by atoms with E-state index in [1.54, 1.807) is 6.92 Å². The summed E-state index contributed by atoms with van der Waals surface area (Å²) in [6.45, 7) is 6.68. The topological polar surface area (TPSA) is 196 Å². The quantitative estimate of drug-likeness (QED) is 0.198. The summed E-state index contributed by atoms with van der Waals surface area (Å²) in [5.74, 6) is -3.62. The van der Waals surface area contributed by atoms with E-state index in [9.17, 15) is 40.5 Å². The van der Waals surface area contributed by atoms with Gasteiger partial charge in [0.05, 0.1) is 18.6 Å². The van der Waals surface area contributed by atoms with Crippen LogP contribution in [0.25, 0.3) is 0 Å². The van der Waals surface area contributed by atoms with Crippen molar-refractivity contribution in [1.29, 1.82) is 0 Å². The minimum Gasteiger partial charge on any atom is -0.456 e. The lowest BCUT2D eigenvalue weighted by Gasteiger charge is -2.54. The van der Waals surface area contributed by atoms with Gasteiger partial charge in [-0.05, 0) is 92.1 Å². The van der Waals surface area contributed by atoms with Crippen LogP contribution in [-0.2, 0) is 23.7 Å². The highest BCUT2D eigenvalue weighted by Crippen LogP contribution is 2.66. The van der Waals surface area contributed by atoms with Gasteiger partial charge in [0.25, 0.3) is 0 Å². The standard InChI is InChI=1S/C35H52O12/c1-16(14-36)35(43)29-28(47-34(35,4)42)24(30(41)46-29)22-8-7-20-19-6-5-17-13-18(9-11-32(17,2)21(19)10-12-33(20,22)3)44-31-27(40)26(39)25(38)23(15-37)45-31/h7,16-18,22-29,31,36-40,42-43H,5-6,8-15H2,1-4H3. The van der Waals surface area contributed by atoms with E-state index in [4.69, 9.17) is 18.9 Å². The number of aliphatic hydroxyl groups excluding tert-OH is 5. The van der Waals surface area contributed by atoms with Crippen LogP contribution in [0.2, 0.25) is 0 Å². The van der Waals surface area contributed by atoms with Crippen molar-refractivity contribution in [1.82, 2.24) is 0 Å². The highest BCUT2D eigenvalue weighted by atomic mass is 16.7. The number of ether oxygens (including phenoxy) is 4. The van der Waals surface area contributed by atoms with Gasteiger partial charge in [0, 0.05) is 12.5 Å². The first-order valence-electron chi connectivity index (χ1n) is 17.5. The van der Waals surface area contributed by atoms with Gasteiger partial charge in [-0.25, -0.2) is 0 Å². The van der Waals surface area contributed by atoms with E-state index in [-0.39, 0.29) is 22.9 Å². The molecule has 0 aromatic carbocycles. The number of hydrogen-bond acceptors (Lipinski definition) is 12. The fourth-order valence-corrected chi connectivity index (χ4v) is 10.9. The Labute approximate surface area is 275 Å². The molecular weight excluding hydrogens is 612 g/mol. The van der Waals surface area contributed by atoms with E-state index in [0.29, 0.717) is 12.3 Å². The number of esters is 1. The van der Waals surface area contributed by atoms with Crippen LogP contribution in [0.15, 0.2) is 22.8 Å². The van der Waals surface area contributed by atoms with Crippen LogP contribution in [0, 0.1) is 34.5 Å². The highest BCUT2D eigenvalue weighted by molar-refractivity contribution is 5.77. The van der Waals surface area contributed by atoms with E-state index in [0.717, 1.165) is 44.9 Å². The summed E-state index contributed by atoms with van der Waals surface area (Å²) >= 11 is 0. The summed E-state index contributed by atoms with van der Waals surface area (Å²) in [7, 11) is 0. The van der Waals surface area contributed by atoms with Crippen LogP contribution in [0.4, 0.5) is 0 Å². The number of hydrogen-bond donors (Lipinski definition) is 7. The summed E-state index contributed by atoms with van der Waals surface area (Å²) in [6, 6.07) is 0. The Morgan fingerprint density at radius 3 is 2.45 bits per heavy atom. The van der Waals surface area contributed by atoms with Crippen LogP contribution in [0.5, 0.6) is 0 Å². The molecule has 3 heterocycles. The molecule has 16 atom stereocenters. The number of allylic oxidation sites excluding steroid dienone is 4. The Balaban J connectivity index is 1.08. The molecule has 12 heteroatoms. The Morgan fingerprint density at radius 2 is 1.74 bits per heavy atom. The van der Waals surface area contributed by atoms with Gasteiger partial charge in [-0.3, -0.25) is 4.79 Å². The number of carbonyl (C=O) groups is 1. The minimum atomic E-state index is -1.99. The zero-order chi connectivity index (χ0) is 33.8. The third-order valence-electron chi connectivity index (χ3n) is 13.8. The van der Waals surface area contributed by atoms with Gasteiger partial charge in [-0.2, -0.15) is 0 Å². The van der Waals surface area contributed by atoms with Crippen LogP contribution in [-0.4, -0.2) is 115 Å². The molecule has 3 aliphatic heterocycles. The lowest BCUT2D eigenvalue weighted by atomic mass is 9.51. The van der Waals surface area contributed by atoms with Crippen molar-refractivity contribution in [2.45, 2.75) is 139 Å². The van der Waals surface area contributed by atoms with E-state index >= 15 is 0 Å². The predicted octanol–water partition coefficient (Wildman–Crippen LogP) is 0.823. The monoisotopic (exact) mass is 664 g/mol. The van der Waals surface area contributed by atoms with Crippen molar-refractivity contribution in [3.63, 3.8) is 0 Å². The van der Waals surface area contributed by atoms with Crippen molar-refractivity contribution in [2.75, 3.05) is 13.2 Å². The zero-order valence-corrected chi connectivity index (χ0v) is 27.7. The van der Waals surface area contributed by atoms with Crippen molar-refractivity contribution < 1.29 is 59.5 Å². The molecule has 0 aromatic heterocycles. The van der Waals surface area contributed by atoms with E-state index in [2.05, 4.69) is 19.9 Å². The first-order valence-corrected chi connectivity index (χ1v) is 17.5. The molecule has 7 aliphatic rings. The second-order valence-corrected chi connectivity index (χ2v) is 16.1. The summed E-state index contributed by atoms with van der Waals surface area (Å²) in [4.78, 5) is 13.5. The number of fused-ring (bicyclic) bond motifs is 5. The molecule has 12 nitrogen and oxygen atoms in total. The summed E-state index contributed by atoms with van der Waals surface area (Å²) < 4.78 is 23.7. The molecule has 3 saturated heterocycles. The van der Waals surface area contributed by atoms with Gasteiger partial charge >= 0.3 is 5.97 Å². The third-order valence-corrected chi connectivity index (χ3v) is 13.8. The van der Waals surface area contributed by atoms with Crippen LogP contribution in [0.3, 0.4) is 0 Å². The maximum absolute atomic E-state index is 13.5. The molecule has 0 spiro atoms.